The number of carbonyl (C=O) groups excluding carboxylic acids is 1. The van der Waals surface area contributed by atoms with E-state index in [9.17, 15) is 9.90 Å². The van der Waals surface area contributed by atoms with Gasteiger partial charge in [0.15, 0.2) is 11.5 Å². The number of hydrazone groups is 1. The summed E-state index contributed by atoms with van der Waals surface area (Å²) >= 11 is 0. The smallest absolute Gasteiger partial charge is 0.258 e. The van der Waals surface area contributed by atoms with Gasteiger partial charge in [-0.15, -0.1) is 0 Å². The van der Waals surface area contributed by atoms with Gasteiger partial charge in [-0.2, -0.15) is 5.10 Å². The standard InChI is InChI=1S/C20H24N4O3/c1-3-13-4-7-15(8-5-13)16-11-17(23-22-16)20(26)24-21-12-14-6-9-18(25)19(10-14)27-2/h4-10,12,16-17,22-23,25H,3,11H2,1-2H3,(H,24,26)/b21-12+. The van der Waals surface area contributed by atoms with Crippen molar-refractivity contribution in [2.75, 3.05) is 7.11 Å². The number of phenols is 1. The predicted molar refractivity (Wildman–Crippen MR) is 104 cm³/mol. The molecule has 7 heteroatoms. The van der Waals surface area contributed by atoms with Crippen LogP contribution in [-0.2, 0) is 11.2 Å². The number of rotatable bonds is 6. The first-order chi connectivity index (χ1) is 13.1. The number of ether oxygens (including phenoxy) is 1. The number of amides is 1. The van der Waals surface area contributed by atoms with E-state index in [2.05, 4.69) is 52.6 Å². The van der Waals surface area contributed by atoms with Gasteiger partial charge in [0.25, 0.3) is 5.91 Å². The number of carbonyl (C=O) groups is 1. The fraction of sp³-hybridized carbons (Fsp3) is 0.300. The lowest BCUT2D eigenvalue weighted by atomic mass is 10.00. The van der Waals surface area contributed by atoms with Crippen molar-refractivity contribution in [3.63, 3.8) is 0 Å². The minimum Gasteiger partial charge on any atom is -0.504 e. The van der Waals surface area contributed by atoms with E-state index in [1.165, 1.54) is 25.0 Å². The third kappa shape index (κ3) is 4.64. The molecule has 2 atom stereocenters. The highest BCUT2D eigenvalue weighted by atomic mass is 16.5. The summed E-state index contributed by atoms with van der Waals surface area (Å²) in [7, 11) is 1.47. The van der Waals surface area contributed by atoms with Crippen molar-refractivity contribution in [3.8, 4) is 11.5 Å². The molecule has 2 aromatic carbocycles. The summed E-state index contributed by atoms with van der Waals surface area (Å²) in [5, 5.41) is 13.6. The summed E-state index contributed by atoms with van der Waals surface area (Å²) in [4.78, 5) is 12.3. The Hall–Kier alpha value is -2.90. The minimum absolute atomic E-state index is 0.0536. The third-order valence-corrected chi connectivity index (χ3v) is 4.60. The van der Waals surface area contributed by atoms with Crippen LogP contribution < -0.4 is 21.0 Å². The van der Waals surface area contributed by atoms with Gasteiger partial charge < -0.3 is 9.84 Å². The molecule has 1 fully saturated rings. The van der Waals surface area contributed by atoms with E-state index in [4.69, 9.17) is 4.74 Å². The van der Waals surface area contributed by atoms with E-state index in [1.807, 2.05) is 0 Å². The van der Waals surface area contributed by atoms with Crippen molar-refractivity contribution >= 4 is 12.1 Å². The molecule has 7 nitrogen and oxygen atoms in total. The first kappa shape index (κ1) is 18.9. The van der Waals surface area contributed by atoms with Crippen LogP contribution in [0, 0.1) is 0 Å². The van der Waals surface area contributed by atoms with Gasteiger partial charge in [0.2, 0.25) is 0 Å². The fourth-order valence-corrected chi connectivity index (χ4v) is 2.96. The molecule has 0 saturated carbocycles. The molecule has 4 N–H and O–H groups in total. The molecule has 0 radical (unpaired) electrons. The van der Waals surface area contributed by atoms with Crippen LogP contribution in [-0.4, -0.2) is 30.4 Å². The Bertz CT molecular complexity index is 820. The summed E-state index contributed by atoms with van der Waals surface area (Å²) in [6.07, 6.45) is 3.15. The number of hydrogen-bond acceptors (Lipinski definition) is 6. The topological polar surface area (TPSA) is 95.0 Å². The molecule has 0 aromatic heterocycles. The Balaban J connectivity index is 1.54. The highest BCUT2D eigenvalue weighted by molar-refractivity contribution is 5.85. The summed E-state index contributed by atoms with van der Waals surface area (Å²) in [5.74, 6) is 0.193. The van der Waals surface area contributed by atoms with Gasteiger partial charge in [0.05, 0.1) is 13.3 Å². The van der Waals surface area contributed by atoms with E-state index in [0.717, 1.165) is 12.0 Å². The predicted octanol–water partition coefficient (Wildman–Crippen LogP) is 2.02. The largest absolute Gasteiger partial charge is 0.504 e. The zero-order chi connectivity index (χ0) is 19.2. The molecule has 2 unspecified atom stereocenters. The summed E-state index contributed by atoms with van der Waals surface area (Å²) < 4.78 is 5.05. The molecular formula is C20H24N4O3. The van der Waals surface area contributed by atoms with Gasteiger partial charge in [-0.1, -0.05) is 31.2 Å². The highest BCUT2D eigenvalue weighted by Crippen LogP contribution is 2.25. The Kier molecular flexibility index (Phi) is 6.05. The van der Waals surface area contributed by atoms with Crippen LogP contribution in [0.25, 0.3) is 0 Å². The van der Waals surface area contributed by atoms with Gasteiger partial charge in [0, 0.05) is 6.04 Å². The minimum atomic E-state index is -0.368. The van der Waals surface area contributed by atoms with Crippen LogP contribution in [0.5, 0.6) is 11.5 Å². The fourth-order valence-electron chi connectivity index (χ4n) is 2.96. The molecule has 1 heterocycles. The second-order valence-corrected chi connectivity index (χ2v) is 6.39. The Labute approximate surface area is 158 Å². The number of benzene rings is 2. The van der Waals surface area contributed by atoms with Crippen molar-refractivity contribution < 1.29 is 14.6 Å². The monoisotopic (exact) mass is 368 g/mol. The second-order valence-electron chi connectivity index (χ2n) is 6.39. The number of nitrogens with one attached hydrogen (secondary N) is 3. The zero-order valence-electron chi connectivity index (χ0n) is 15.4. The molecule has 1 aliphatic heterocycles. The van der Waals surface area contributed by atoms with E-state index < -0.39 is 0 Å². The molecule has 1 saturated heterocycles. The third-order valence-electron chi connectivity index (χ3n) is 4.60. The van der Waals surface area contributed by atoms with Gasteiger partial charge in [-0.25, -0.2) is 16.3 Å². The molecule has 0 aliphatic carbocycles. The summed E-state index contributed by atoms with van der Waals surface area (Å²) in [5.41, 5.74) is 11.9. The molecule has 142 valence electrons. The maximum absolute atomic E-state index is 12.3. The molecule has 2 aromatic rings. The molecule has 27 heavy (non-hydrogen) atoms. The molecule has 3 rings (SSSR count). The van der Waals surface area contributed by atoms with Crippen molar-refractivity contribution in [2.45, 2.75) is 31.8 Å². The quantitative estimate of drug-likeness (QED) is 0.462. The number of phenolic OH excluding ortho intramolecular Hbond substituents is 1. The van der Waals surface area contributed by atoms with E-state index in [-0.39, 0.29) is 23.7 Å². The molecule has 1 amide bonds. The molecule has 1 aliphatic rings. The SMILES string of the molecule is CCc1ccc(C2CC(C(=O)N/N=C/c3ccc(O)c(OC)c3)NN2)cc1. The van der Waals surface area contributed by atoms with Gasteiger partial charge in [-0.3, -0.25) is 4.79 Å². The molecule has 0 bridgehead atoms. The average Bonchev–Trinajstić information content (AvgIpc) is 3.19. The number of hydrazine groups is 1. The van der Waals surface area contributed by atoms with E-state index in [0.29, 0.717) is 17.7 Å². The maximum atomic E-state index is 12.3. The Morgan fingerprint density at radius 1 is 1.30 bits per heavy atom. The first-order valence-electron chi connectivity index (χ1n) is 8.90. The molecule has 0 spiro atoms. The number of nitrogens with zero attached hydrogens (tertiary/aromatic N) is 1. The Morgan fingerprint density at radius 3 is 2.78 bits per heavy atom. The van der Waals surface area contributed by atoms with Crippen molar-refractivity contribution in [1.82, 2.24) is 16.3 Å². The summed E-state index contributed by atoms with van der Waals surface area (Å²) in [6, 6.07) is 12.9. The lowest BCUT2D eigenvalue weighted by molar-refractivity contribution is -0.122. The number of hydrogen-bond donors (Lipinski definition) is 4. The van der Waals surface area contributed by atoms with Crippen LogP contribution in [0.4, 0.5) is 0 Å². The van der Waals surface area contributed by atoms with Crippen LogP contribution in [0.2, 0.25) is 0 Å². The summed E-state index contributed by atoms with van der Waals surface area (Å²) in [6.45, 7) is 2.12. The molecular weight excluding hydrogens is 344 g/mol. The van der Waals surface area contributed by atoms with Crippen LogP contribution in [0.1, 0.15) is 36.1 Å². The zero-order valence-corrected chi connectivity index (χ0v) is 15.4. The number of methoxy groups -OCH3 is 1. The van der Waals surface area contributed by atoms with Crippen molar-refractivity contribution in [2.24, 2.45) is 5.10 Å². The lowest BCUT2D eigenvalue weighted by Crippen LogP contribution is -2.41. The first-order valence-corrected chi connectivity index (χ1v) is 8.90. The van der Waals surface area contributed by atoms with Gasteiger partial charge in [-0.05, 0) is 47.7 Å². The average molecular weight is 368 g/mol. The lowest BCUT2D eigenvalue weighted by Gasteiger charge is -2.10. The highest BCUT2D eigenvalue weighted by Gasteiger charge is 2.29. The van der Waals surface area contributed by atoms with Crippen LogP contribution >= 0.6 is 0 Å². The van der Waals surface area contributed by atoms with Crippen molar-refractivity contribution in [1.29, 1.82) is 0 Å². The second kappa shape index (κ2) is 8.66. The van der Waals surface area contributed by atoms with E-state index in [1.54, 1.807) is 12.1 Å². The normalized spacial score (nSPS) is 19.3. The Morgan fingerprint density at radius 2 is 2.07 bits per heavy atom. The van der Waals surface area contributed by atoms with Gasteiger partial charge in [0.1, 0.15) is 6.04 Å². The van der Waals surface area contributed by atoms with E-state index >= 15 is 0 Å². The van der Waals surface area contributed by atoms with Crippen LogP contribution in [0.3, 0.4) is 0 Å². The van der Waals surface area contributed by atoms with Crippen molar-refractivity contribution in [3.05, 3.63) is 59.2 Å². The van der Waals surface area contributed by atoms with Gasteiger partial charge >= 0.3 is 0 Å². The number of aromatic hydroxyl groups is 1. The number of aryl methyl sites for hydroxylation is 1. The van der Waals surface area contributed by atoms with Crippen LogP contribution in [0.15, 0.2) is 47.6 Å². The maximum Gasteiger partial charge on any atom is 0.258 e.